The van der Waals surface area contributed by atoms with Crippen LogP contribution in [0.25, 0.3) is 0 Å². The predicted octanol–water partition coefficient (Wildman–Crippen LogP) is 9.09. The number of ketones is 3. The van der Waals surface area contributed by atoms with Gasteiger partial charge in [0.25, 0.3) is 14.8 Å². The Morgan fingerprint density at radius 2 is 0.925 bits per heavy atom. The fourth-order valence-electron chi connectivity index (χ4n) is 10.1. The van der Waals surface area contributed by atoms with Crippen molar-refractivity contribution in [3.05, 3.63) is 194 Å². The largest absolute Gasteiger partial charge is 0.392 e. The fourth-order valence-corrected chi connectivity index (χ4v) is 10.2. The van der Waals surface area contributed by atoms with Gasteiger partial charge >= 0.3 is 0 Å². The number of hydrogen-bond donors (Lipinski definition) is 4. The number of aliphatic hydroxyl groups is 3. The monoisotopic (exact) mass is 1100 g/mol. The molecule has 9 rings (SSSR count). The van der Waals surface area contributed by atoms with Gasteiger partial charge in [-0.3, -0.25) is 24.4 Å². The molecule has 17 heteroatoms. The average molecular weight is 1110 g/mol. The quantitative estimate of drug-likeness (QED) is 0.0230. The van der Waals surface area contributed by atoms with Gasteiger partial charge in [-0.05, 0) is 121 Å². The first-order chi connectivity index (χ1) is 37.4. The third-order valence-electron chi connectivity index (χ3n) is 14.7. The molecule has 0 fully saturated rings. The summed E-state index contributed by atoms with van der Waals surface area (Å²) in [5, 5.41) is 35.6. The maximum atomic E-state index is 12.4. The van der Waals surface area contributed by atoms with Crippen molar-refractivity contribution < 1.29 is 39.3 Å². The highest BCUT2D eigenvalue weighted by molar-refractivity contribution is 6.64. The van der Waals surface area contributed by atoms with E-state index in [-0.39, 0.29) is 70.6 Å². The van der Waals surface area contributed by atoms with Crippen LogP contribution >= 0.6 is 11.6 Å². The summed E-state index contributed by atoms with van der Waals surface area (Å²) in [6.07, 6.45) is 9.97. The molecule has 3 aromatic heterocycles. The summed E-state index contributed by atoms with van der Waals surface area (Å²) in [4.78, 5) is 75.1. The number of aryl methyl sites for hydroxylation is 2. The molecule has 0 unspecified atom stereocenters. The highest BCUT2D eigenvalue weighted by Gasteiger charge is 2.33. The van der Waals surface area contributed by atoms with Crippen molar-refractivity contribution in [2.75, 3.05) is 0 Å². The molecule has 0 spiro atoms. The van der Waals surface area contributed by atoms with Gasteiger partial charge in [0.15, 0.2) is 17.3 Å². The summed E-state index contributed by atoms with van der Waals surface area (Å²) in [6.45, 7) is 5.99. The molecule has 3 aliphatic heterocycles. The lowest BCUT2D eigenvalue weighted by molar-refractivity contribution is 0.0677. The number of benzene rings is 3. The number of fused-ring (bicyclic) bond motifs is 3. The highest BCUT2D eigenvalue weighted by atomic mass is 35.5. The van der Waals surface area contributed by atoms with Crippen molar-refractivity contribution in [2.24, 2.45) is 0 Å². The fraction of sp³-hybridized carbons (Fsp3) is 0.397. The number of carbonyl (C=O) groups excluding carboxylic acids is 5. The minimum Gasteiger partial charge on any atom is -0.392 e. The highest BCUT2D eigenvalue weighted by Crippen LogP contribution is 2.28. The summed E-state index contributed by atoms with van der Waals surface area (Å²) in [7, 11) is 2.95. The summed E-state index contributed by atoms with van der Waals surface area (Å²) in [5.74, 6) is -0.0675. The molecule has 0 amide bonds. The summed E-state index contributed by atoms with van der Waals surface area (Å²) in [5.41, 5.74) is 10.9. The Morgan fingerprint density at radius 1 is 0.550 bits per heavy atom. The smallest absolute Gasteiger partial charge is 0.293 e. The van der Waals surface area contributed by atoms with Crippen LogP contribution in [0.3, 0.4) is 0 Å². The molecule has 3 aliphatic rings. The van der Waals surface area contributed by atoms with E-state index in [4.69, 9.17) is 11.6 Å². The normalized spacial score (nSPS) is 17.2. The van der Waals surface area contributed by atoms with Crippen LogP contribution in [0.1, 0.15) is 150 Å². The van der Waals surface area contributed by atoms with E-state index >= 15 is 0 Å². The van der Waals surface area contributed by atoms with Gasteiger partial charge in [0.2, 0.25) is 0 Å². The first kappa shape index (κ1) is 66.2. The van der Waals surface area contributed by atoms with E-state index in [1.807, 2.05) is 96.3 Å². The van der Waals surface area contributed by atoms with E-state index in [2.05, 4.69) is 38.5 Å². The molecule has 0 bridgehead atoms. The van der Waals surface area contributed by atoms with Crippen LogP contribution in [0.2, 0.25) is 5.15 Å². The Morgan fingerprint density at radius 3 is 1.30 bits per heavy atom. The Labute approximate surface area is 480 Å². The zero-order valence-corrected chi connectivity index (χ0v) is 44.6. The Kier molecular flexibility index (Phi) is 27.6. The van der Waals surface area contributed by atoms with E-state index in [1.54, 1.807) is 30.6 Å². The van der Waals surface area contributed by atoms with Crippen LogP contribution in [0.5, 0.6) is 0 Å². The van der Waals surface area contributed by atoms with Crippen molar-refractivity contribution in [1.82, 2.24) is 29.9 Å². The Hall–Kier alpha value is -6.36. The third kappa shape index (κ3) is 18.6. The van der Waals surface area contributed by atoms with Gasteiger partial charge in [0.1, 0.15) is 5.15 Å². The zero-order chi connectivity index (χ0) is 54.7. The molecular formula is C63H79B2ClN6O8. The summed E-state index contributed by atoms with van der Waals surface area (Å²) >= 11 is 5.73. The molecule has 0 saturated heterocycles. The maximum Gasteiger partial charge on any atom is 0.293 e. The number of Topliss-reactive ketones (excluding diaryl/α,β-unsaturated/α-hetero) is 3. The number of aliphatic hydroxyl groups excluding tert-OH is 3. The van der Waals surface area contributed by atoms with Crippen LogP contribution in [0.15, 0.2) is 128 Å². The molecule has 0 saturated carbocycles. The topological polar surface area (TPSA) is 203 Å². The van der Waals surface area contributed by atoms with Gasteiger partial charge in [0, 0.05) is 104 Å². The number of nitrogens with one attached hydrogen (secondary N) is 1. The van der Waals surface area contributed by atoms with E-state index in [9.17, 15) is 39.3 Å². The van der Waals surface area contributed by atoms with Crippen LogP contribution in [-0.4, -0.2) is 121 Å². The van der Waals surface area contributed by atoms with E-state index in [0.717, 1.165) is 60.7 Å². The second kappa shape index (κ2) is 33.4. The number of halogens is 1. The molecule has 3 aromatic carbocycles. The lowest BCUT2D eigenvalue weighted by atomic mass is 9.81. The molecule has 4 N–H and O–H groups in total. The lowest BCUT2D eigenvalue weighted by Crippen LogP contribution is -2.49. The van der Waals surface area contributed by atoms with Crippen LogP contribution in [0, 0.1) is 0 Å². The predicted molar refractivity (Wildman–Crippen MR) is 320 cm³/mol. The molecule has 80 heavy (non-hydrogen) atoms. The number of rotatable bonds is 21. The summed E-state index contributed by atoms with van der Waals surface area (Å²) < 4.78 is 0. The van der Waals surface area contributed by atoms with Crippen molar-refractivity contribution in [2.45, 2.75) is 163 Å². The SMILES string of the molecule is C.C.C.CCc1ccc(C(=O)CC[C@@H](O)[C@@H]2Cc3ccccc3CN2)cn1.CCc1ccc(C(=O)CC[C@@H](O)[C@@H]2Cc3ccccc3CN2[B]C=O)cn1.O=C[B]N1Cc2ccccc2C[C@H]1[C@H](O)CCC(=O)c1ccc(Cl)nc1. The van der Waals surface area contributed by atoms with Crippen LogP contribution in [-0.2, 0) is 61.3 Å². The van der Waals surface area contributed by atoms with E-state index in [0.29, 0.717) is 73.5 Å². The molecule has 422 valence electrons. The number of pyridine rings is 3. The van der Waals surface area contributed by atoms with Crippen LogP contribution in [0.4, 0.5) is 0 Å². The zero-order valence-electron chi connectivity index (χ0n) is 43.8. The average Bonchev–Trinajstić information content (AvgIpc) is 3.50. The summed E-state index contributed by atoms with van der Waals surface area (Å²) in [6, 6.07) is 34.5. The molecule has 14 nitrogen and oxygen atoms in total. The number of aromatic nitrogens is 3. The van der Waals surface area contributed by atoms with E-state index in [1.165, 1.54) is 43.3 Å². The first-order valence-electron chi connectivity index (χ1n) is 26.5. The third-order valence-corrected chi connectivity index (χ3v) is 14.9. The minimum atomic E-state index is -0.719. The maximum absolute atomic E-state index is 12.4. The first-order valence-corrected chi connectivity index (χ1v) is 26.9. The lowest BCUT2D eigenvalue weighted by Gasteiger charge is -2.38. The van der Waals surface area contributed by atoms with Crippen LogP contribution < -0.4 is 5.32 Å². The van der Waals surface area contributed by atoms with Gasteiger partial charge in [-0.2, -0.15) is 0 Å². The van der Waals surface area contributed by atoms with Crippen molar-refractivity contribution in [1.29, 1.82) is 0 Å². The number of nitrogens with zero attached hydrogens (tertiary/aromatic N) is 5. The van der Waals surface area contributed by atoms with Crippen molar-refractivity contribution >= 4 is 56.2 Å². The van der Waals surface area contributed by atoms with Gasteiger partial charge in [-0.15, -0.1) is 0 Å². The second-order valence-corrected chi connectivity index (χ2v) is 20.1. The standard InChI is InChI=1S/C21H24BN2O3.C20H24N2O2.C19H19BClN2O3.3CH4/c1-2-18-8-7-16(12-23-18)20(26)9-10-21(27)19-11-15-5-3-4-6-17(15)13-24(19)22-14-25;1-2-17-8-7-16(13-21-17)19(23)9-10-20(24)18-11-14-5-3-4-6-15(14)12-22-18;21-19-8-5-14(10-22-19)17(25)6-7-18(26)16-9-13-3-1-2-4-15(13)11-23(16)20-12-24;;;/h3-8,12,14,19,21,27H,2,9-11,13H2,1H3;3-8,13,18,20,22,24H,2,9-12H2,1H3;1-5,8,10,12,16,18,26H,6-7,9,11H2;3*1H4/t19-,21+;18-,20+;16-,18+;;;/m000.../s1. The molecule has 6 aromatic rings. The molecule has 0 aliphatic carbocycles. The van der Waals surface area contributed by atoms with Gasteiger partial charge in [0.05, 0.1) is 30.7 Å². The molecule has 6 heterocycles. The van der Waals surface area contributed by atoms with E-state index < -0.39 is 18.3 Å². The van der Waals surface area contributed by atoms with Crippen molar-refractivity contribution in [3.8, 4) is 0 Å². The Balaban J connectivity index is 0.000000254. The minimum absolute atomic E-state index is 0. The number of hydrogen-bond acceptors (Lipinski definition) is 14. The van der Waals surface area contributed by atoms with Gasteiger partial charge < -0.3 is 39.8 Å². The number of carbonyl (C=O) groups is 5. The van der Waals surface area contributed by atoms with Gasteiger partial charge in [-0.1, -0.05) is 121 Å². The van der Waals surface area contributed by atoms with Gasteiger partial charge in [-0.25, -0.2) is 4.98 Å². The molecule has 6 atom stereocenters. The Bertz CT molecular complexity index is 2900. The van der Waals surface area contributed by atoms with Crippen molar-refractivity contribution in [3.63, 3.8) is 0 Å². The molecular weight excluding hydrogens is 1030 g/mol. The second-order valence-electron chi connectivity index (χ2n) is 19.7. The molecule has 2 radical (unpaired) electrons.